The number of ether oxygens (including phenoxy) is 6. The van der Waals surface area contributed by atoms with E-state index >= 15 is 0 Å². The number of hydrogen-bond acceptors (Lipinski definition) is 11. The topological polar surface area (TPSA) is 89.5 Å². The minimum atomic E-state index is -0.346. The van der Waals surface area contributed by atoms with E-state index in [2.05, 4.69) is 26.5 Å². The Hall–Kier alpha value is -4.19. The van der Waals surface area contributed by atoms with Gasteiger partial charge in [0.15, 0.2) is 0 Å². The van der Waals surface area contributed by atoms with E-state index in [1.54, 1.807) is 55.6 Å². The van der Waals surface area contributed by atoms with Crippen molar-refractivity contribution in [1.82, 2.24) is 0 Å². The van der Waals surface area contributed by atoms with Crippen molar-refractivity contribution < 1.29 is 38.0 Å². The molecule has 0 spiro atoms. The zero-order chi connectivity index (χ0) is 38.8. The summed E-state index contributed by atoms with van der Waals surface area (Å²) in [4.78, 5) is 29.2. The molecule has 0 radical (unpaired) electrons. The van der Waals surface area contributed by atoms with Crippen molar-refractivity contribution in [2.45, 2.75) is 84.6 Å². The Kier molecular flexibility index (Phi) is 15.1. The zero-order valence-electron chi connectivity index (χ0n) is 32.3. The first-order valence-electron chi connectivity index (χ1n) is 17.6. The lowest BCUT2D eigenvalue weighted by atomic mass is 10.1. The van der Waals surface area contributed by atoms with E-state index in [1.165, 1.54) is 0 Å². The fourth-order valence-electron chi connectivity index (χ4n) is 5.56. The number of thioether (sulfide) groups is 1. The highest BCUT2D eigenvalue weighted by Gasteiger charge is 2.26. The van der Waals surface area contributed by atoms with Gasteiger partial charge in [0.2, 0.25) is 0 Å². The number of thiophene rings is 2. The van der Waals surface area contributed by atoms with Gasteiger partial charge in [-0.3, -0.25) is 9.59 Å². The predicted molar refractivity (Wildman–Crippen MR) is 218 cm³/mol. The van der Waals surface area contributed by atoms with Crippen molar-refractivity contribution in [3.05, 3.63) is 82.9 Å². The number of hydrogen-bond donors (Lipinski definition) is 0. The number of carbonyl (C=O) groups excluding carboxylic acids is 2. The monoisotopic (exact) mass is 778 g/mol. The molecule has 4 rings (SSSR count). The van der Waals surface area contributed by atoms with Crippen LogP contribution in [0.15, 0.2) is 64.9 Å². The molecule has 0 bridgehead atoms. The molecule has 2 aromatic carbocycles. The number of benzene rings is 2. The van der Waals surface area contributed by atoms with Crippen LogP contribution in [0.25, 0.3) is 25.1 Å². The van der Waals surface area contributed by atoms with Crippen LogP contribution >= 0.6 is 34.4 Å². The van der Waals surface area contributed by atoms with Gasteiger partial charge in [-0.1, -0.05) is 30.5 Å². The Labute approximate surface area is 326 Å². The minimum Gasteiger partial charge on any atom is -0.496 e. The van der Waals surface area contributed by atoms with E-state index in [1.807, 2.05) is 77.1 Å². The summed E-state index contributed by atoms with van der Waals surface area (Å²) in [7, 11) is 3.28. The quantitative estimate of drug-likeness (QED) is 0.0556. The molecular weight excluding hydrogens is 729 g/mol. The first-order valence-corrected chi connectivity index (χ1v) is 20.1. The second kappa shape index (κ2) is 19.2. The van der Waals surface area contributed by atoms with Crippen LogP contribution in [0.1, 0.15) is 70.2 Å². The molecule has 53 heavy (non-hydrogen) atoms. The summed E-state index contributed by atoms with van der Waals surface area (Å²) in [5.74, 6) is 2.04. The summed E-state index contributed by atoms with van der Waals surface area (Å²) in [5, 5.41) is 0. The SMILES string of the molecule is C=C(/C=C(\Sc1sc(-c2sc(-c3c(OC)cccc3OC(C)C)cc2CC(=O)OCC)c(C)c1C)c1c(OC)cccc1OC(C)C)CC(=O)OCC. The third-order valence-electron chi connectivity index (χ3n) is 7.91. The molecule has 0 aliphatic carbocycles. The maximum Gasteiger partial charge on any atom is 0.310 e. The van der Waals surface area contributed by atoms with Gasteiger partial charge in [0, 0.05) is 19.5 Å². The van der Waals surface area contributed by atoms with Gasteiger partial charge in [-0.05, 0) is 114 Å². The molecule has 0 amide bonds. The molecule has 0 saturated heterocycles. The molecule has 8 nitrogen and oxygen atoms in total. The first kappa shape index (κ1) is 41.6. The van der Waals surface area contributed by atoms with E-state index in [0.717, 1.165) is 51.6 Å². The lowest BCUT2D eigenvalue weighted by Crippen LogP contribution is -2.08. The van der Waals surface area contributed by atoms with Crippen molar-refractivity contribution in [2.75, 3.05) is 27.4 Å². The molecule has 0 aliphatic rings. The van der Waals surface area contributed by atoms with Gasteiger partial charge in [0.25, 0.3) is 0 Å². The molecule has 0 fully saturated rings. The van der Waals surface area contributed by atoms with Crippen molar-refractivity contribution in [2.24, 2.45) is 0 Å². The normalized spacial score (nSPS) is 11.5. The average molecular weight is 779 g/mol. The summed E-state index contributed by atoms with van der Waals surface area (Å²) in [6, 6.07) is 13.5. The first-order chi connectivity index (χ1) is 25.3. The van der Waals surface area contributed by atoms with E-state index in [9.17, 15) is 9.59 Å². The molecule has 2 aromatic heterocycles. The van der Waals surface area contributed by atoms with Gasteiger partial charge >= 0.3 is 11.9 Å². The Morgan fingerprint density at radius 1 is 0.792 bits per heavy atom. The van der Waals surface area contributed by atoms with Gasteiger partial charge in [0.1, 0.15) is 23.0 Å². The maximum absolute atomic E-state index is 13.0. The van der Waals surface area contributed by atoms with Crippen LogP contribution in [0.4, 0.5) is 0 Å². The smallest absolute Gasteiger partial charge is 0.310 e. The molecule has 0 saturated carbocycles. The number of rotatable bonds is 18. The van der Waals surface area contributed by atoms with Gasteiger partial charge < -0.3 is 28.4 Å². The maximum atomic E-state index is 13.0. The van der Waals surface area contributed by atoms with Gasteiger partial charge in [-0.25, -0.2) is 0 Å². The molecule has 0 atom stereocenters. The average Bonchev–Trinajstić information content (AvgIpc) is 3.62. The van der Waals surface area contributed by atoms with E-state index < -0.39 is 0 Å². The van der Waals surface area contributed by atoms with E-state index in [-0.39, 0.29) is 37.0 Å². The molecule has 284 valence electrons. The Morgan fingerprint density at radius 2 is 1.38 bits per heavy atom. The van der Waals surface area contributed by atoms with Gasteiger partial charge in [-0.2, -0.15) is 0 Å². The second-order valence-electron chi connectivity index (χ2n) is 12.7. The fraction of sp³-hybridized carbons (Fsp3) is 0.381. The Morgan fingerprint density at radius 3 is 2.00 bits per heavy atom. The highest BCUT2D eigenvalue weighted by atomic mass is 32.2. The Bertz CT molecular complexity index is 1950. The Balaban J connectivity index is 1.91. The summed E-state index contributed by atoms with van der Waals surface area (Å²) in [6.07, 6.45) is 1.93. The highest BCUT2D eigenvalue weighted by molar-refractivity contribution is 8.10. The molecular formula is C42H50O8S3. The van der Waals surface area contributed by atoms with Crippen LogP contribution in [0, 0.1) is 13.8 Å². The second-order valence-corrected chi connectivity index (χ2v) is 16.0. The third-order valence-corrected chi connectivity index (χ3v) is 12.0. The highest BCUT2D eigenvalue weighted by Crippen LogP contribution is 2.53. The summed E-state index contributed by atoms with van der Waals surface area (Å²) in [5.41, 5.74) is 5.25. The van der Waals surface area contributed by atoms with Crippen LogP contribution in [-0.2, 0) is 25.5 Å². The summed E-state index contributed by atoms with van der Waals surface area (Å²) < 4.78 is 35.9. The van der Waals surface area contributed by atoms with Gasteiger partial charge in [-0.15, -0.1) is 22.7 Å². The van der Waals surface area contributed by atoms with Crippen molar-refractivity contribution in [3.8, 4) is 43.2 Å². The number of methoxy groups -OCH3 is 2. The van der Waals surface area contributed by atoms with Crippen molar-refractivity contribution >= 4 is 51.3 Å². The van der Waals surface area contributed by atoms with E-state index in [4.69, 9.17) is 28.4 Å². The summed E-state index contributed by atoms with van der Waals surface area (Å²) >= 11 is 4.81. The van der Waals surface area contributed by atoms with Crippen LogP contribution in [-0.4, -0.2) is 51.6 Å². The third kappa shape index (κ3) is 10.5. The number of allylic oxidation sites excluding steroid dienone is 1. The molecule has 0 unspecified atom stereocenters. The molecule has 4 aromatic rings. The van der Waals surface area contributed by atoms with Crippen molar-refractivity contribution in [1.29, 1.82) is 0 Å². The zero-order valence-corrected chi connectivity index (χ0v) is 34.7. The number of carbonyl (C=O) groups is 2. The molecule has 2 heterocycles. The minimum absolute atomic E-state index is 0.0434. The van der Waals surface area contributed by atoms with Crippen LogP contribution in [0.5, 0.6) is 23.0 Å². The predicted octanol–water partition coefficient (Wildman–Crippen LogP) is 11.1. The standard InChI is InChI=1S/C42H50O8S3/c1-12-47-36(43)21-26(7)20-34(38-30(45-10)16-14-18-32(38)49-24(3)4)52-42-28(9)27(8)40(53-42)41-29(23-37(44)48-13-2)22-35(51-41)39-31(46-11)17-15-19-33(39)50-25(5)6/h14-20,22,24-25H,7,12-13,21,23H2,1-6,8-11H3/b34-20-. The lowest BCUT2D eigenvalue weighted by molar-refractivity contribution is -0.143. The molecule has 0 N–H and O–H groups in total. The van der Waals surface area contributed by atoms with Crippen molar-refractivity contribution in [3.63, 3.8) is 0 Å². The van der Waals surface area contributed by atoms with Crippen LogP contribution in [0.2, 0.25) is 0 Å². The van der Waals surface area contributed by atoms with E-state index in [0.29, 0.717) is 41.8 Å². The van der Waals surface area contributed by atoms with Crippen LogP contribution < -0.4 is 18.9 Å². The largest absolute Gasteiger partial charge is 0.496 e. The number of esters is 2. The molecule has 0 aliphatic heterocycles. The van der Waals surface area contributed by atoms with Gasteiger partial charge in [0.05, 0.1) is 67.8 Å². The lowest BCUT2D eigenvalue weighted by Gasteiger charge is -2.19. The molecule has 11 heteroatoms. The van der Waals surface area contributed by atoms with Crippen LogP contribution in [0.3, 0.4) is 0 Å². The summed E-state index contributed by atoms with van der Waals surface area (Å²) in [6.45, 7) is 20.5. The fourth-order valence-corrected chi connectivity index (χ4v) is 9.79.